The molecule has 4 nitrogen and oxygen atoms in total. The molecule has 0 saturated heterocycles. The first-order chi connectivity index (χ1) is 13.6. The highest BCUT2D eigenvalue weighted by Crippen LogP contribution is 2.36. The minimum absolute atomic E-state index is 0.122. The molecule has 3 aromatic rings. The minimum Gasteiger partial charge on any atom is -0.311 e. The van der Waals surface area contributed by atoms with E-state index in [0.29, 0.717) is 12.0 Å². The van der Waals surface area contributed by atoms with Gasteiger partial charge in [-0.05, 0) is 48.1 Å². The minimum atomic E-state index is -0.443. The molecule has 1 unspecified atom stereocenters. The van der Waals surface area contributed by atoms with Gasteiger partial charge < -0.3 is 4.98 Å². The largest absolute Gasteiger partial charge is 0.325 e. The number of aromatic amines is 2. The lowest BCUT2D eigenvalue weighted by Gasteiger charge is -2.24. The quantitative estimate of drug-likeness (QED) is 0.678. The molecular formula is C23H21ClN2O2. The first kappa shape index (κ1) is 18.5. The molecule has 28 heavy (non-hydrogen) atoms. The fraction of sp³-hybridized carbons (Fsp3) is 0.217. The van der Waals surface area contributed by atoms with E-state index >= 15 is 0 Å². The van der Waals surface area contributed by atoms with E-state index in [9.17, 15) is 9.59 Å². The fourth-order valence-electron chi connectivity index (χ4n) is 3.90. The second kappa shape index (κ2) is 8.03. The Hall–Kier alpha value is -2.85. The van der Waals surface area contributed by atoms with E-state index in [0.717, 1.165) is 41.1 Å². The molecule has 0 spiro atoms. The van der Waals surface area contributed by atoms with E-state index in [1.165, 1.54) is 5.57 Å². The molecular weight excluding hydrogens is 372 g/mol. The molecule has 1 heterocycles. The van der Waals surface area contributed by atoms with Crippen molar-refractivity contribution in [1.29, 1.82) is 0 Å². The van der Waals surface area contributed by atoms with Crippen LogP contribution in [0.5, 0.6) is 0 Å². The van der Waals surface area contributed by atoms with Crippen LogP contribution in [0.15, 0.2) is 70.3 Å². The summed E-state index contributed by atoms with van der Waals surface area (Å²) in [6, 6.07) is 17.7. The van der Waals surface area contributed by atoms with Crippen molar-refractivity contribution in [1.82, 2.24) is 9.97 Å². The van der Waals surface area contributed by atoms with Gasteiger partial charge in [-0.2, -0.15) is 0 Å². The van der Waals surface area contributed by atoms with Gasteiger partial charge in [0, 0.05) is 28.6 Å². The Morgan fingerprint density at radius 2 is 1.82 bits per heavy atom. The lowest BCUT2D eigenvalue weighted by atomic mass is 9.83. The number of allylic oxidation sites excluding steroid dienone is 2. The summed E-state index contributed by atoms with van der Waals surface area (Å²) in [5.74, 6) is 0.122. The van der Waals surface area contributed by atoms with Crippen LogP contribution in [-0.4, -0.2) is 9.97 Å². The summed E-state index contributed by atoms with van der Waals surface area (Å²) in [6.07, 6.45) is 5.24. The zero-order chi connectivity index (χ0) is 19.5. The molecule has 4 rings (SSSR count). The molecule has 142 valence electrons. The van der Waals surface area contributed by atoms with Gasteiger partial charge in [0.2, 0.25) is 0 Å². The second-order valence-electron chi connectivity index (χ2n) is 7.17. The fourth-order valence-corrected chi connectivity index (χ4v) is 4.09. The van der Waals surface area contributed by atoms with Crippen molar-refractivity contribution in [2.45, 2.75) is 31.6 Å². The van der Waals surface area contributed by atoms with Crippen molar-refractivity contribution in [2.75, 3.05) is 0 Å². The molecule has 0 amide bonds. The van der Waals surface area contributed by atoms with Crippen molar-refractivity contribution >= 4 is 17.2 Å². The number of aromatic nitrogens is 2. The number of halogens is 1. The van der Waals surface area contributed by atoms with Gasteiger partial charge in [-0.3, -0.25) is 9.78 Å². The maximum absolute atomic E-state index is 12.5. The zero-order valence-corrected chi connectivity index (χ0v) is 16.1. The smallest absolute Gasteiger partial charge is 0.311 e. The molecule has 1 aliphatic carbocycles. The molecule has 2 aromatic carbocycles. The Morgan fingerprint density at radius 3 is 2.54 bits per heavy atom. The summed E-state index contributed by atoms with van der Waals surface area (Å²) in [4.78, 5) is 29.8. The third-order valence-electron chi connectivity index (χ3n) is 5.31. The van der Waals surface area contributed by atoms with Crippen LogP contribution >= 0.6 is 11.6 Å². The van der Waals surface area contributed by atoms with Crippen LogP contribution in [0, 0.1) is 0 Å². The van der Waals surface area contributed by atoms with Crippen LogP contribution in [0.4, 0.5) is 0 Å². The SMILES string of the molecule is O=c1[nH]c(C2CC=C(c3cccc(Cl)c3)CC2)c(Cc2ccccc2)c(=O)[nH]1. The van der Waals surface area contributed by atoms with Crippen LogP contribution in [0.3, 0.4) is 0 Å². The predicted molar refractivity (Wildman–Crippen MR) is 113 cm³/mol. The molecule has 1 aliphatic rings. The first-order valence-electron chi connectivity index (χ1n) is 9.44. The Balaban J connectivity index is 1.64. The lowest BCUT2D eigenvalue weighted by Crippen LogP contribution is -2.29. The Kier molecular flexibility index (Phi) is 5.31. The summed E-state index contributed by atoms with van der Waals surface area (Å²) < 4.78 is 0. The Labute approximate surface area is 167 Å². The first-order valence-corrected chi connectivity index (χ1v) is 9.82. The average molecular weight is 393 g/mol. The van der Waals surface area contributed by atoms with Crippen LogP contribution < -0.4 is 11.2 Å². The molecule has 2 N–H and O–H groups in total. The van der Waals surface area contributed by atoms with Crippen LogP contribution in [0.25, 0.3) is 5.57 Å². The molecule has 0 bridgehead atoms. The van der Waals surface area contributed by atoms with E-state index in [1.807, 2.05) is 48.5 Å². The molecule has 0 aliphatic heterocycles. The van der Waals surface area contributed by atoms with Gasteiger partial charge >= 0.3 is 5.69 Å². The topological polar surface area (TPSA) is 65.7 Å². The molecule has 0 fully saturated rings. The second-order valence-corrected chi connectivity index (χ2v) is 7.61. The highest BCUT2D eigenvalue weighted by Gasteiger charge is 2.22. The Morgan fingerprint density at radius 1 is 1.00 bits per heavy atom. The van der Waals surface area contributed by atoms with Gasteiger partial charge in [0.1, 0.15) is 0 Å². The van der Waals surface area contributed by atoms with Crippen LogP contribution in [0.2, 0.25) is 5.02 Å². The molecule has 0 radical (unpaired) electrons. The maximum atomic E-state index is 12.5. The van der Waals surface area contributed by atoms with Crippen molar-refractivity contribution in [2.24, 2.45) is 0 Å². The van der Waals surface area contributed by atoms with E-state index in [4.69, 9.17) is 11.6 Å². The number of hydrogen-bond acceptors (Lipinski definition) is 2. The summed E-state index contributed by atoms with van der Waals surface area (Å²) in [6.45, 7) is 0. The van der Waals surface area contributed by atoms with Crippen molar-refractivity contribution < 1.29 is 0 Å². The summed E-state index contributed by atoms with van der Waals surface area (Å²) in [7, 11) is 0. The van der Waals surface area contributed by atoms with E-state index < -0.39 is 5.69 Å². The van der Waals surface area contributed by atoms with Gasteiger partial charge in [-0.15, -0.1) is 0 Å². The third-order valence-corrected chi connectivity index (χ3v) is 5.55. The molecule has 5 heteroatoms. The van der Waals surface area contributed by atoms with Crippen LogP contribution in [0.1, 0.15) is 47.6 Å². The summed E-state index contributed by atoms with van der Waals surface area (Å²) in [5, 5.41) is 0.726. The van der Waals surface area contributed by atoms with E-state index in [1.54, 1.807) is 0 Å². The van der Waals surface area contributed by atoms with E-state index in [-0.39, 0.29) is 11.5 Å². The summed E-state index contributed by atoms with van der Waals surface area (Å²) in [5.41, 5.74) is 4.11. The third kappa shape index (κ3) is 4.02. The molecule has 1 aromatic heterocycles. The average Bonchev–Trinajstić information content (AvgIpc) is 2.71. The maximum Gasteiger partial charge on any atom is 0.325 e. The molecule has 1 atom stereocenters. The lowest BCUT2D eigenvalue weighted by molar-refractivity contribution is 0.596. The van der Waals surface area contributed by atoms with Crippen LogP contribution in [-0.2, 0) is 6.42 Å². The van der Waals surface area contributed by atoms with Gasteiger partial charge in [-0.1, -0.05) is 60.1 Å². The standard InChI is InChI=1S/C23H21ClN2O2/c24-19-8-4-7-18(14-19)16-9-11-17(12-10-16)21-20(22(27)26-23(28)25-21)13-15-5-2-1-3-6-15/h1-9,14,17H,10-13H2,(H2,25,26,27,28). The normalized spacial score (nSPS) is 16.6. The summed E-state index contributed by atoms with van der Waals surface area (Å²) >= 11 is 6.12. The van der Waals surface area contributed by atoms with Crippen molar-refractivity contribution in [3.05, 3.63) is 109 Å². The van der Waals surface area contributed by atoms with E-state index in [2.05, 4.69) is 22.1 Å². The number of hydrogen-bond donors (Lipinski definition) is 2. The van der Waals surface area contributed by atoms with Gasteiger partial charge in [-0.25, -0.2) is 4.79 Å². The zero-order valence-electron chi connectivity index (χ0n) is 15.4. The van der Waals surface area contributed by atoms with Gasteiger partial charge in [0.15, 0.2) is 0 Å². The highest BCUT2D eigenvalue weighted by atomic mass is 35.5. The number of rotatable bonds is 4. The van der Waals surface area contributed by atoms with Crippen molar-refractivity contribution in [3.8, 4) is 0 Å². The monoisotopic (exact) mass is 392 g/mol. The van der Waals surface area contributed by atoms with Crippen molar-refractivity contribution in [3.63, 3.8) is 0 Å². The van der Waals surface area contributed by atoms with Gasteiger partial charge in [0.05, 0.1) is 0 Å². The number of H-pyrrole nitrogens is 2. The number of benzene rings is 2. The predicted octanol–water partition coefficient (Wildman–Crippen LogP) is 4.66. The molecule has 0 saturated carbocycles. The number of nitrogens with one attached hydrogen (secondary N) is 2. The highest BCUT2D eigenvalue weighted by molar-refractivity contribution is 6.30. The Bertz CT molecular complexity index is 1130. The van der Waals surface area contributed by atoms with Gasteiger partial charge in [0.25, 0.3) is 5.56 Å².